The van der Waals surface area contributed by atoms with Crippen molar-refractivity contribution < 1.29 is 5.11 Å². The molecule has 0 saturated heterocycles. The van der Waals surface area contributed by atoms with E-state index in [2.05, 4.69) is 23.6 Å². The largest absolute Gasteiger partial charge is 0.392 e. The van der Waals surface area contributed by atoms with Gasteiger partial charge in [-0.05, 0) is 35.2 Å². The van der Waals surface area contributed by atoms with E-state index in [0.29, 0.717) is 12.1 Å². The topological polar surface area (TPSA) is 61.8 Å². The zero-order valence-electron chi connectivity index (χ0n) is 17.2. The number of rotatable bonds is 7. The molecular weight excluding hydrogens is 370 g/mol. The van der Waals surface area contributed by atoms with Gasteiger partial charge < -0.3 is 9.67 Å². The van der Waals surface area contributed by atoms with Crippen molar-refractivity contribution in [3.8, 4) is 17.2 Å². The molecule has 0 bridgehead atoms. The molecule has 30 heavy (non-hydrogen) atoms. The van der Waals surface area contributed by atoms with Gasteiger partial charge in [-0.25, -0.2) is 4.98 Å². The Bertz CT molecular complexity index is 1200. The van der Waals surface area contributed by atoms with Crippen LogP contribution in [0.4, 0.5) is 0 Å². The maximum atomic E-state index is 9.87. The summed E-state index contributed by atoms with van der Waals surface area (Å²) in [6, 6.07) is 24.3. The molecule has 0 fully saturated rings. The minimum absolute atomic E-state index is 0.0212. The standard InChI is InChI=1S/C26H25N3O/c1-2-3-12-25-28-24-11-7-10-21(18-30)26(24)29(25)17-19-13-14-23(22(15-19)16-27)20-8-5-4-6-9-20/h4-11,13-15,30H,2-3,12,17-18H2,1H3. The Morgan fingerprint density at radius 1 is 1.03 bits per heavy atom. The Hall–Kier alpha value is -3.42. The molecule has 1 N–H and O–H groups in total. The summed E-state index contributed by atoms with van der Waals surface area (Å²) in [5, 5.41) is 19.6. The predicted octanol–water partition coefficient (Wildman–Crippen LogP) is 5.46. The first-order chi connectivity index (χ1) is 14.7. The highest BCUT2D eigenvalue weighted by Gasteiger charge is 2.15. The summed E-state index contributed by atoms with van der Waals surface area (Å²) < 4.78 is 2.20. The summed E-state index contributed by atoms with van der Waals surface area (Å²) in [6.45, 7) is 2.77. The van der Waals surface area contributed by atoms with Crippen LogP contribution < -0.4 is 0 Å². The van der Waals surface area contributed by atoms with Crippen LogP contribution in [0.25, 0.3) is 22.2 Å². The molecule has 150 valence electrons. The van der Waals surface area contributed by atoms with Crippen molar-refractivity contribution in [1.29, 1.82) is 5.26 Å². The average molecular weight is 396 g/mol. The zero-order chi connectivity index (χ0) is 20.9. The number of aryl methyl sites for hydroxylation is 1. The quantitative estimate of drug-likeness (QED) is 0.452. The highest BCUT2D eigenvalue weighted by Crippen LogP contribution is 2.27. The number of aromatic nitrogens is 2. The Balaban J connectivity index is 1.78. The van der Waals surface area contributed by atoms with Crippen molar-refractivity contribution in [3.63, 3.8) is 0 Å². The van der Waals surface area contributed by atoms with Crippen LogP contribution in [-0.2, 0) is 19.6 Å². The van der Waals surface area contributed by atoms with Gasteiger partial charge in [0.05, 0.1) is 29.3 Å². The Kier molecular flexibility index (Phi) is 5.92. The van der Waals surface area contributed by atoms with E-state index >= 15 is 0 Å². The highest BCUT2D eigenvalue weighted by atomic mass is 16.3. The van der Waals surface area contributed by atoms with Gasteiger partial charge in [0.1, 0.15) is 5.82 Å². The van der Waals surface area contributed by atoms with Crippen molar-refractivity contribution in [2.45, 2.75) is 39.3 Å². The number of unbranched alkanes of at least 4 members (excludes halogenated alkanes) is 1. The summed E-state index contributed by atoms with van der Waals surface area (Å²) in [6.07, 6.45) is 3.05. The van der Waals surface area contributed by atoms with E-state index < -0.39 is 0 Å². The molecule has 1 heterocycles. The molecular formula is C26H25N3O. The van der Waals surface area contributed by atoms with Crippen molar-refractivity contribution in [2.75, 3.05) is 0 Å². The first-order valence-corrected chi connectivity index (χ1v) is 10.4. The summed E-state index contributed by atoms with van der Waals surface area (Å²) in [5.74, 6) is 1.03. The van der Waals surface area contributed by atoms with Gasteiger partial charge in [0, 0.05) is 18.5 Å². The Morgan fingerprint density at radius 3 is 2.60 bits per heavy atom. The third-order valence-corrected chi connectivity index (χ3v) is 5.48. The van der Waals surface area contributed by atoms with Gasteiger partial charge in [-0.1, -0.05) is 67.9 Å². The molecule has 0 saturated carbocycles. The van der Waals surface area contributed by atoms with E-state index in [9.17, 15) is 10.4 Å². The number of aliphatic hydroxyl groups excluding tert-OH is 1. The van der Waals surface area contributed by atoms with E-state index in [-0.39, 0.29) is 6.61 Å². The maximum absolute atomic E-state index is 9.87. The summed E-state index contributed by atoms with van der Waals surface area (Å²) in [7, 11) is 0. The second-order valence-corrected chi connectivity index (χ2v) is 7.52. The minimum Gasteiger partial charge on any atom is -0.392 e. The third kappa shape index (κ3) is 3.85. The zero-order valence-corrected chi connectivity index (χ0v) is 17.2. The van der Waals surface area contributed by atoms with E-state index in [1.165, 1.54) is 0 Å². The normalized spacial score (nSPS) is 11.0. The molecule has 4 rings (SSSR count). The van der Waals surface area contributed by atoms with Crippen LogP contribution in [0.3, 0.4) is 0 Å². The fraction of sp³-hybridized carbons (Fsp3) is 0.231. The van der Waals surface area contributed by atoms with Crippen molar-refractivity contribution in [1.82, 2.24) is 9.55 Å². The van der Waals surface area contributed by atoms with E-state index in [4.69, 9.17) is 4.98 Å². The van der Waals surface area contributed by atoms with E-state index in [0.717, 1.165) is 58.4 Å². The summed E-state index contributed by atoms with van der Waals surface area (Å²) in [5.41, 5.74) is 6.48. The van der Waals surface area contributed by atoms with Crippen molar-refractivity contribution >= 4 is 11.0 Å². The lowest BCUT2D eigenvalue weighted by Gasteiger charge is -2.13. The molecule has 3 aromatic carbocycles. The molecule has 4 heteroatoms. The van der Waals surface area contributed by atoms with Crippen molar-refractivity contribution in [3.05, 3.63) is 89.2 Å². The molecule has 0 aliphatic carbocycles. The molecule has 0 aliphatic rings. The summed E-state index contributed by atoms with van der Waals surface area (Å²) >= 11 is 0. The van der Waals surface area contributed by atoms with Gasteiger partial charge >= 0.3 is 0 Å². The van der Waals surface area contributed by atoms with Crippen LogP contribution in [0.2, 0.25) is 0 Å². The van der Waals surface area contributed by atoms with Crippen LogP contribution in [0.5, 0.6) is 0 Å². The molecule has 1 aromatic heterocycles. The lowest BCUT2D eigenvalue weighted by atomic mass is 9.98. The van der Waals surface area contributed by atoms with Crippen molar-refractivity contribution in [2.24, 2.45) is 0 Å². The second kappa shape index (κ2) is 8.94. The maximum Gasteiger partial charge on any atom is 0.110 e. The lowest BCUT2D eigenvalue weighted by molar-refractivity contribution is 0.283. The van der Waals surface area contributed by atoms with Crippen LogP contribution in [0.15, 0.2) is 66.7 Å². The smallest absolute Gasteiger partial charge is 0.110 e. The van der Waals surface area contributed by atoms with Gasteiger partial charge in [-0.3, -0.25) is 0 Å². The predicted molar refractivity (Wildman–Crippen MR) is 120 cm³/mol. The van der Waals surface area contributed by atoms with Gasteiger partial charge in [0.2, 0.25) is 0 Å². The number of aliphatic hydroxyl groups is 1. The molecule has 4 aromatic rings. The third-order valence-electron chi connectivity index (χ3n) is 5.48. The number of hydrogen-bond acceptors (Lipinski definition) is 3. The fourth-order valence-corrected chi connectivity index (χ4v) is 3.97. The molecule has 4 nitrogen and oxygen atoms in total. The van der Waals surface area contributed by atoms with Crippen LogP contribution in [0.1, 0.15) is 42.3 Å². The Morgan fingerprint density at radius 2 is 1.87 bits per heavy atom. The molecule has 0 amide bonds. The van der Waals surface area contributed by atoms with Gasteiger partial charge in [-0.15, -0.1) is 0 Å². The number of fused-ring (bicyclic) bond motifs is 1. The van der Waals surface area contributed by atoms with Gasteiger partial charge in [0.25, 0.3) is 0 Å². The van der Waals surface area contributed by atoms with E-state index in [1.54, 1.807) is 0 Å². The number of nitrogens with zero attached hydrogens (tertiary/aromatic N) is 3. The molecule has 0 unspecified atom stereocenters. The number of hydrogen-bond donors (Lipinski definition) is 1. The fourth-order valence-electron chi connectivity index (χ4n) is 3.97. The average Bonchev–Trinajstić information content (AvgIpc) is 3.15. The first-order valence-electron chi connectivity index (χ1n) is 10.4. The monoisotopic (exact) mass is 395 g/mol. The number of para-hydroxylation sites is 1. The number of nitriles is 1. The molecule has 0 aliphatic heterocycles. The Labute approximate surface area is 177 Å². The number of imidazole rings is 1. The second-order valence-electron chi connectivity index (χ2n) is 7.52. The first kappa shape index (κ1) is 19.9. The van der Waals surface area contributed by atoms with Crippen LogP contribution in [0, 0.1) is 11.3 Å². The highest BCUT2D eigenvalue weighted by molar-refractivity contribution is 5.80. The van der Waals surface area contributed by atoms with Crippen LogP contribution in [-0.4, -0.2) is 14.7 Å². The van der Waals surface area contributed by atoms with Gasteiger partial charge in [-0.2, -0.15) is 5.26 Å². The SMILES string of the molecule is CCCCc1nc2cccc(CO)c2n1Cc1ccc(-c2ccccc2)c(C#N)c1. The minimum atomic E-state index is -0.0212. The molecule has 0 radical (unpaired) electrons. The van der Waals surface area contributed by atoms with Crippen LogP contribution >= 0.6 is 0 Å². The van der Waals surface area contributed by atoms with Gasteiger partial charge in [0.15, 0.2) is 0 Å². The van der Waals surface area contributed by atoms with E-state index in [1.807, 2.05) is 60.7 Å². The number of benzene rings is 3. The lowest BCUT2D eigenvalue weighted by Crippen LogP contribution is -2.07. The summed E-state index contributed by atoms with van der Waals surface area (Å²) in [4.78, 5) is 4.85. The molecule has 0 atom stereocenters. The molecule has 0 spiro atoms.